The molecule has 0 unspecified atom stereocenters. The molecule has 4 heteroatoms. The summed E-state index contributed by atoms with van der Waals surface area (Å²) in [5.41, 5.74) is 0. The maximum Gasteiger partial charge on any atom is 0.335 e. The second-order valence-corrected chi connectivity index (χ2v) is 2.42. The predicted octanol–water partition coefficient (Wildman–Crippen LogP) is 0.477. The van der Waals surface area contributed by atoms with E-state index in [1.165, 1.54) is 14.2 Å². The second kappa shape index (κ2) is 4.23. The van der Waals surface area contributed by atoms with Gasteiger partial charge in [0, 0.05) is 13.5 Å². The molecule has 0 saturated carbocycles. The standard InChI is InChI=1S/C8H12O4/c1-10-7-5-3-4-6(12-7)8(9)11-2/h3,5-7H,4H2,1-2H3/t6-,7-/m1/s1. The van der Waals surface area contributed by atoms with Crippen LogP contribution in [-0.2, 0) is 19.0 Å². The van der Waals surface area contributed by atoms with Crippen LogP contribution in [0.4, 0.5) is 0 Å². The molecular weight excluding hydrogens is 160 g/mol. The molecule has 2 atom stereocenters. The average Bonchev–Trinajstić information content (AvgIpc) is 2.17. The monoisotopic (exact) mass is 172 g/mol. The van der Waals surface area contributed by atoms with E-state index in [1.54, 1.807) is 6.08 Å². The lowest BCUT2D eigenvalue weighted by molar-refractivity contribution is -0.175. The summed E-state index contributed by atoms with van der Waals surface area (Å²) >= 11 is 0. The Morgan fingerprint density at radius 1 is 1.58 bits per heavy atom. The van der Waals surface area contributed by atoms with Crippen molar-refractivity contribution in [2.45, 2.75) is 18.8 Å². The third-order valence-corrected chi connectivity index (χ3v) is 1.64. The Balaban J connectivity index is 2.49. The van der Waals surface area contributed by atoms with Gasteiger partial charge in [-0.15, -0.1) is 0 Å². The van der Waals surface area contributed by atoms with E-state index in [4.69, 9.17) is 9.47 Å². The molecule has 0 spiro atoms. The molecule has 0 fully saturated rings. The summed E-state index contributed by atoms with van der Waals surface area (Å²) in [7, 11) is 2.86. The van der Waals surface area contributed by atoms with Crippen LogP contribution in [0.5, 0.6) is 0 Å². The quantitative estimate of drug-likeness (QED) is 0.449. The van der Waals surface area contributed by atoms with Crippen LogP contribution < -0.4 is 0 Å². The highest BCUT2D eigenvalue weighted by Crippen LogP contribution is 2.13. The number of hydrogen-bond acceptors (Lipinski definition) is 4. The van der Waals surface area contributed by atoms with E-state index >= 15 is 0 Å². The Morgan fingerprint density at radius 3 is 2.92 bits per heavy atom. The zero-order valence-corrected chi connectivity index (χ0v) is 7.15. The number of esters is 1. The van der Waals surface area contributed by atoms with E-state index in [0.29, 0.717) is 6.42 Å². The van der Waals surface area contributed by atoms with E-state index in [1.807, 2.05) is 6.08 Å². The molecule has 0 aromatic heterocycles. The summed E-state index contributed by atoms with van der Waals surface area (Å²) in [6.45, 7) is 0. The van der Waals surface area contributed by atoms with Gasteiger partial charge in [-0.05, 0) is 6.08 Å². The third kappa shape index (κ3) is 2.06. The van der Waals surface area contributed by atoms with Crippen LogP contribution in [0.3, 0.4) is 0 Å². The molecule has 1 aliphatic heterocycles. The van der Waals surface area contributed by atoms with Gasteiger partial charge in [-0.2, -0.15) is 0 Å². The van der Waals surface area contributed by atoms with Crippen LogP contribution in [0.2, 0.25) is 0 Å². The van der Waals surface area contributed by atoms with Gasteiger partial charge < -0.3 is 14.2 Å². The Hall–Kier alpha value is -0.870. The van der Waals surface area contributed by atoms with Gasteiger partial charge in [0.05, 0.1) is 7.11 Å². The van der Waals surface area contributed by atoms with E-state index in [0.717, 1.165) is 0 Å². The molecule has 4 nitrogen and oxygen atoms in total. The zero-order chi connectivity index (χ0) is 8.97. The fraction of sp³-hybridized carbons (Fsp3) is 0.625. The van der Waals surface area contributed by atoms with Gasteiger partial charge in [0.15, 0.2) is 12.4 Å². The highest BCUT2D eigenvalue weighted by atomic mass is 16.7. The van der Waals surface area contributed by atoms with Crippen molar-refractivity contribution in [3.8, 4) is 0 Å². The molecule has 1 aliphatic rings. The van der Waals surface area contributed by atoms with Gasteiger partial charge in [-0.3, -0.25) is 0 Å². The maximum atomic E-state index is 11.0. The first-order valence-electron chi connectivity index (χ1n) is 3.70. The van der Waals surface area contributed by atoms with Crippen molar-refractivity contribution < 1.29 is 19.0 Å². The summed E-state index contributed by atoms with van der Waals surface area (Å²) in [5, 5.41) is 0. The summed E-state index contributed by atoms with van der Waals surface area (Å²) in [6, 6.07) is 0. The third-order valence-electron chi connectivity index (χ3n) is 1.64. The first-order valence-corrected chi connectivity index (χ1v) is 3.70. The summed E-state index contributed by atoms with van der Waals surface area (Å²) in [5.74, 6) is -0.360. The molecule has 12 heavy (non-hydrogen) atoms. The van der Waals surface area contributed by atoms with E-state index in [2.05, 4.69) is 4.74 Å². The van der Waals surface area contributed by atoms with Gasteiger partial charge >= 0.3 is 5.97 Å². The lowest BCUT2D eigenvalue weighted by Crippen LogP contribution is -2.32. The first-order chi connectivity index (χ1) is 5.77. The van der Waals surface area contributed by atoms with Crippen molar-refractivity contribution in [2.24, 2.45) is 0 Å². The summed E-state index contributed by atoms with van der Waals surface area (Å²) in [4.78, 5) is 11.0. The van der Waals surface area contributed by atoms with E-state index in [-0.39, 0.29) is 5.97 Å². The molecule has 0 aliphatic carbocycles. The van der Waals surface area contributed by atoms with Crippen LogP contribution in [0.1, 0.15) is 6.42 Å². The van der Waals surface area contributed by atoms with Gasteiger partial charge in [0.2, 0.25) is 0 Å². The fourth-order valence-corrected chi connectivity index (χ4v) is 0.993. The number of ether oxygens (including phenoxy) is 3. The van der Waals surface area contributed by atoms with Crippen LogP contribution >= 0.6 is 0 Å². The minimum absolute atomic E-state index is 0.360. The molecule has 0 radical (unpaired) electrons. The van der Waals surface area contributed by atoms with Crippen LogP contribution in [-0.4, -0.2) is 32.6 Å². The van der Waals surface area contributed by atoms with Gasteiger partial charge in [0.1, 0.15) is 0 Å². The lowest BCUT2D eigenvalue weighted by atomic mass is 10.2. The molecule has 0 saturated heterocycles. The van der Waals surface area contributed by atoms with Crippen LogP contribution in [0, 0.1) is 0 Å². The molecule has 1 rings (SSSR count). The molecule has 1 heterocycles. The Labute approximate surface area is 71.1 Å². The lowest BCUT2D eigenvalue weighted by Gasteiger charge is -2.22. The molecule has 0 amide bonds. The van der Waals surface area contributed by atoms with Gasteiger partial charge in [0.25, 0.3) is 0 Å². The number of rotatable bonds is 2. The number of hydrogen-bond donors (Lipinski definition) is 0. The smallest absolute Gasteiger partial charge is 0.335 e. The zero-order valence-electron chi connectivity index (χ0n) is 7.15. The highest BCUT2D eigenvalue weighted by Gasteiger charge is 2.24. The topological polar surface area (TPSA) is 44.8 Å². The average molecular weight is 172 g/mol. The van der Waals surface area contributed by atoms with Crippen LogP contribution in [0.15, 0.2) is 12.2 Å². The molecule has 0 N–H and O–H groups in total. The second-order valence-electron chi connectivity index (χ2n) is 2.42. The van der Waals surface area contributed by atoms with Gasteiger partial charge in [-0.25, -0.2) is 4.79 Å². The Bertz CT molecular complexity index is 187. The van der Waals surface area contributed by atoms with Gasteiger partial charge in [-0.1, -0.05) is 6.08 Å². The van der Waals surface area contributed by atoms with Crippen molar-refractivity contribution >= 4 is 5.97 Å². The predicted molar refractivity (Wildman–Crippen MR) is 41.4 cm³/mol. The van der Waals surface area contributed by atoms with Crippen molar-refractivity contribution in [3.05, 3.63) is 12.2 Å². The normalized spacial score (nSPS) is 28.5. The maximum absolute atomic E-state index is 11.0. The van der Waals surface area contributed by atoms with Crippen molar-refractivity contribution in [2.75, 3.05) is 14.2 Å². The molecular formula is C8H12O4. The molecule has 0 bridgehead atoms. The van der Waals surface area contributed by atoms with Crippen LogP contribution in [0.25, 0.3) is 0 Å². The van der Waals surface area contributed by atoms with Crippen molar-refractivity contribution in [3.63, 3.8) is 0 Å². The Morgan fingerprint density at radius 2 is 2.33 bits per heavy atom. The largest absolute Gasteiger partial charge is 0.467 e. The Kier molecular flexibility index (Phi) is 3.25. The SMILES string of the molecule is COC(=O)[C@H]1CC=C[C@H](OC)O1. The van der Waals surface area contributed by atoms with Crippen molar-refractivity contribution in [1.82, 2.24) is 0 Å². The highest BCUT2D eigenvalue weighted by molar-refractivity contribution is 5.74. The minimum Gasteiger partial charge on any atom is -0.467 e. The number of carbonyl (C=O) groups excluding carboxylic acids is 1. The summed E-state index contributed by atoms with van der Waals surface area (Å²) < 4.78 is 14.6. The summed E-state index contributed by atoms with van der Waals surface area (Å²) in [6.07, 6.45) is 3.21. The van der Waals surface area contributed by atoms with E-state index in [9.17, 15) is 4.79 Å². The number of methoxy groups -OCH3 is 2. The molecule has 68 valence electrons. The van der Waals surface area contributed by atoms with E-state index < -0.39 is 12.4 Å². The molecule has 0 aromatic rings. The molecule has 0 aromatic carbocycles. The fourth-order valence-electron chi connectivity index (χ4n) is 0.993. The number of carbonyl (C=O) groups is 1. The van der Waals surface area contributed by atoms with Crippen molar-refractivity contribution in [1.29, 1.82) is 0 Å². The first kappa shape index (κ1) is 9.22. The minimum atomic E-state index is -0.523.